The van der Waals surface area contributed by atoms with Crippen molar-refractivity contribution in [2.75, 3.05) is 5.32 Å². The molecule has 0 spiro atoms. The molecule has 18 heavy (non-hydrogen) atoms. The quantitative estimate of drug-likeness (QED) is 0.825. The highest BCUT2D eigenvalue weighted by Gasteiger charge is 2.20. The van der Waals surface area contributed by atoms with Gasteiger partial charge in [0.25, 0.3) is 0 Å². The summed E-state index contributed by atoms with van der Waals surface area (Å²) in [6.07, 6.45) is 6.67. The predicted octanol–water partition coefficient (Wildman–Crippen LogP) is 3.05. The first-order valence-electron chi connectivity index (χ1n) is 5.87. The minimum Gasteiger partial charge on any atom is -0.477 e. The van der Waals surface area contributed by atoms with E-state index in [1.807, 2.05) is 6.08 Å². The third-order valence-corrected chi connectivity index (χ3v) is 4.14. The zero-order chi connectivity index (χ0) is 13.1. The number of carbonyl (C=O) groups is 2. The molecule has 1 aromatic rings. The van der Waals surface area contributed by atoms with Crippen LogP contribution in [0.15, 0.2) is 18.2 Å². The van der Waals surface area contributed by atoms with E-state index in [0.717, 1.165) is 30.6 Å². The van der Waals surface area contributed by atoms with E-state index in [-0.39, 0.29) is 16.7 Å². The Morgan fingerprint density at radius 1 is 1.44 bits per heavy atom. The molecule has 5 heteroatoms. The molecule has 2 N–H and O–H groups in total. The zero-order valence-electron chi connectivity index (χ0n) is 10.1. The van der Waals surface area contributed by atoms with Gasteiger partial charge in [0.1, 0.15) is 4.88 Å². The molecule has 1 heterocycles. The topological polar surface area (TPSA) is 66.4 Å². The Hall–Kier alpha value is -1.62. The van der Waals surface area contributed by atoms with E-state index in [0.29, 0.717) is 10.6 Å². The molecule has 96 valence electrons. The molecule has 0 aliphatic heterocycles. The van der Waals surface area contributed by atoms with Gasteiger partial charge in [-0.1, -0.05) is 12.2 Å². The maximum atomic E-state index is 12.0. The molecule has 1 amide bonds. The van der Waals surface area contributed by atoms with Gasteiger partial charge in [-0.15, -0.1) is 11.3 Å². The summed E-state index contributed by atoms with van der Waals surface area (Å²) in [4.78, 5) is 23.2. The van der Waals surface area contributed by atoms with Crippen LogP contribution in [0.25, 0.3) is 0 Å². The second-order valence-electron chi connectivity index (χ2n) is 4.40. The van der Waals surface area contributed by atoms with Crippen LogP contribution >= 0.6 is 11.3 Å². The Morgan fingerprint density at radius 2 is 2.22 bits per heavy atom. The van der Waals surface area contributed by atoms with E-state index in [4.69, 9.17) is 5.11 Å². The maximum Gasteiger partial charge on any atom is 0.346 e. The zero-order valence-corrected chi connectivity index (χ0v) is 10.9. The van der Waals surface area contributed by atoms with Crippen LogP contribution in [0.5, 0.6) is 0 Å². The van der Waals surface area contributed by atoms with Gasteiger partial charge in [0.15, 0.2) is 0 Å². The van der Waals surface area contributed by atoms with Crippen molar-refractivity contribution in [3.63, 3.8) is 0 Å². The fraction of sp³-hybridized carbons (Fsp3) is 0.385. The van der Waals surface area contributed by atoms with Crippen LogP contribution in [0, 0.1) is 12.8 Å². The van der Waals surface area contributed by atoms with Gasteiger partial charge in [0.05, 0.1) is 5.00 Å². The molecule has 0 radical (unpaired) electrons. The number of allylic oxidation sites excluding steroid dienone is 2. The number of carboxylic acids is 1. The fourth-order valence-corrected chi connectivity index (χ4v) is 2.93. The summed E-state index contributed by atoms with van der Waals surface area (Å²) < 4.78 is 0. The van der Waals surface area contributed by atoms with E-state index < -0.39 is 5.97 Å². The number of amides is 1. The van der Waals surface area contributed by atoms with Crippen LogP contribution in [0.4, 0.5) is 5.00 Å². The van der Waals surface area contributed by atoms with Crippen LogP contribution in [0.1, 0.15) is 34.5 Å². The lowest BCUT2D eigenvalue weighted by Crippen LogP contribution is -2.22. The molecule has 0 bridgehead atoms. The molecule has 1 aliphatic rings. The summed E-state index contributed by atoms with van der Waals surface area (Å²) in [5.41, 5.74) is 0.686. The molecule has 0 saturated carbocycles. The van der Waals surface area contributed by atoms with Gasteiger partial charge < -0.3 is 10.4 Å². The average molecular weight is 265 g/mol. The highest BCUT2D eigenvalue weighted by molar-refractivity contribution is 7.18. The number of nitrogens with one attached hydrogen (secondary N) is 1. The number of thiophene rings is 1. The van der Waals surface area contributed by atoms with Gasteiger partial charge in [-0.25, -0.2) is 4.79 Å². The third-order valence-electron chi connectivity index (χ3n) is 3.00. The lowest BCUT2D eigenvalue weighted by Gasteiger charge is -2.16. The monoisotopic (exact) mass is 265 g/mol. The van der Waals surface area contributed by atoms with Gasteiger partial charge in [0.2, 0.25) is 5.91 Å². The summed E-state index contributed by atoms with van der Waals surface area (Å²) in [7, 11) is 0. The van der Waals surface area contributed by atoms with Crippen molar-refractivity contribution in [1.82, 2.24) is 0 Å². The van der Waals surface area contributed by atoms with Gasteiger partial charge in [-0.3, -0.25) is 4.79 Å². The van der Waals surface area contributed by atoms with Gasteiger partial charge in [0, 0.05) is 5.92 Å². The lowest BCUT2D eigenvalue weighted by atomic mass is 9.94. The number of carboxylic acid groups (broad SMARTS) is 1. The van der Waals surface area contributed by atoms with Crippen molar-refractivity contribution < 1.29 is 14.7 Å². The fourth-order valence-electron chi connectivity index (χ4n) is 2.01. The lowest BCUT2D eigenvalue weighted by molar-refractivity contribution is -0.120. The maximum absolute atomic E-state index is 12.0. The standard InChI is InChI=1S/C13H15NO3S/c1-8-7-10(18-11(8)13(16)17)14-12(15)9-5-3-2-4-6-9/h2-3,7,9H,4-6H2,1H3,(H,14,15)(H,16,17). The van der Waals surface area contributed by atoms with E-state index in [2.05, 4.69) is 11.4 Å². The molecular formula is C13H15NO3S. The smallest absolute Gasteiger partial charge is 0.346 e. The van der Waals surface area contributed by atoms with E-state index in [1.165, 1.54) is 0 Å². The van der Waals surface area contributed by atoms with Crippen molar-refractivity contribution in [3.8, 4) is 0 Å². The molecule has 1 aliphatic carbocycles. The molecule has 2 rings (SSSR count). The number of anilines is 1. The minimum absolute atomic E-state index is 0.00526. The molecule has 1 unspecified atom stereocenters. The van der Waals surface area contributed by atoms with Crippen molar-refractivity contribution in [2.45, 2.75) is 26.2 Å². The van der Waals surface area contributed by atoms with Crippen molar-refractivity contribution >= 4 is 28.2 Å². The van der Waals surface area contributed by atoms with E-state index >= 15 is 0 Å². The van der Waals surface area contributed by atoms with E-state index in [1.54, 1.807) is 13.0 Å². The van der Waals surface area contributed by atoms with Crippen LogP contribution in [-0.2, 0) is 4.79 Å². The van der Waals surface area contributed by atoms with Gasteiger partial charge >= 0.3 is 5.97 Å². The summed E-state index contributed by atoms with van der Waals surface area (Å²) in [6.45, 7) is 1.74. The first-order chi connectivity index (χ1) is 8.58. The first kappa shape index (κ1) is 12.8. The van der Waals surface area contributed by atoms with Crippen LogP contribution in [-0.4, -0.2) is 17.0 Å². The number of hydrogen-bond acceptors (Lipinski definition) is 3. The number of hydrogen-bond donors (Lipinski definition) is 2. The Kier molecular flexibility index (Phi) is 3.81. The molecule has 0 fully saturated rings. The Bertz CT molecular complexity index is 504. The summed E-state index contributed by atoms with van der Waals surface area (Å²) in [5.74, 6) is -0.957. The van der Waals surface area contributed by atoms with Crippen molar-refractivity contribution in [1.29, 1.82) is 0 Å². The molecule has 4 nitrogen and oxygen atoms in total. The van der Waals surface area contributed by atoms with Gasteiger partial charge in [-0.2, -0.15) is 0 Å². The second kappa shape index (κ2) is 5.35. The van der Waals surface area contributed by atoms with E-state index in [9.17, 15) is 9.59 Å². The minimum atomic E-state index is -0.946. The molecule has 1 aromatic heterocycles. The second-order valence-corrected chi connectivity index (χ2v) is 5.45. The molecule has 0 aromatic carbocycles. The molecular weight excluding hydrogens is 250 g/mol. The Labute approximate surface area is 109 Å². The number of aromatic carboxylic acids is 1. The number of rotatable bonds is 3. The van der Waals surface area contributed by atoms with Crippen LogP contribution in [0.2, 0.25) is 0 Å². The first-order valence-corrected chi connectivity index (χ1v) is 6.69. The normalized spacial score (nSPS) is 18.6. The number of carbonyl (C=O) groups excluding carboxylic acids is 1. The summed E-state index contributed by atoms with van der Waals surface area (Å²) >= 11 is 1.11. The van der Waals surface area contributed by atoms with Crippen LogP contribution < -0.4 is 5.32 Å². The van der Waals surface area contributed by atoms with Gasteiger partial charge in [-0.05, 0) is 37.8 Å². The predicted molar refractivity (Wildman–Crippen MR) is 71.1 cm³/mol. The van der Waals surface area contributed by atoms with Crippen molar-refractivity contribution in [2.24, 2.45) is 5.92 Å². The largest absolute Gasteiger partial charge is 0.477 e. The third kappa shape index (κ3) is 2.79. The van der Waals surface area contributed by atoms with Crippen LogP contribution in [0.3, 0.4) is 0 Å². The molecule has 0 saturated heterocycles. The van der Waals surface area contributed by atoms with Crippen molar-refractivity contribution in [3.05, 3.63) is 28.7 Å². The highest BCUT2D eigenvalue weighted by Crippen LogP contribution is 2.28. The number of aryl methyl sites for hydroxylation is 1. The highest BCUT2D eigenvalue weighted by atomic mass is 32.1. The Balaban J connectivity index is 2.05. The average Bonchev–Trinajstić information content (AvgIpc) is 2.71. The summed E-state index contributed by atoms with van der Waals surface area (Å²) in [5, 5.41) is 12.4. The molecule has 1 atom stereocenters. The Morgan fingerprint density at radius 3 is 2.78 bits per heavy atom. The SMILES string of the molecule is Cc1cc(NC(=O)C2CC=CCC2)sc1C(=O)O. The summed E-state index contributed by atoms with van der Waals surface area (Å²) in [6, 6.07) is 1.71.